The molecule has 2 heterocycles. The van der Waals surface area contributed by atoms with Crippen LogP contribution in [0.25, 0.3) is 0 Å². The number of carbonyl (C=O) groups is 2. The first-order chi connectivity index (χ1) is 12.5. The van der Waals surface area contributed by atoms with E-state index in [4.69, 9.17) is 5.11 Å². The van der Waals surface area contributed by atoms with Crippen molar-refractivity contribution in [1.29, 1.82) is 0 Å². The second-order valence-electron chi connectivity index (χ2n) is 7.85. The molecule has 0 bridgehead atoms. The van der Waals surface area contributed by atoms with Gasteiger partial charge in [-0.25, -0.2) is 0 Å². The van der Waals surface area contributed by atoms with Crippen molar-refractivity contribution in [2.75, 3.05) is 32.8 Å². The Morgan fingerprint density at radius 3 is 2.62 bits per heavy atom. The highest BCUT2D eigenvalue weighted by atomic mass is 16.3. The summed E-state index contributed by atoms with van der Waals surface area (Å²) < 4.78 is 0. The number of carbonyl (C=O) groups excluding carboxylic acids is 2. The first-order valence-corrected chi connectivity index (χ1v) is 9.74. The van der Waals surface area contributed by atoms with Gasteiger partial charge in [-0.05, 0) is 49.1 Å². The Morgan fingerprint density at radius 2 is 1.92 bits per heavy atom. The summed E-state index contributed by atoms with van der Waals surface area (Å²) in [6, 6.07) is 8.25. The van der Waals surface area contributed by atoms with Gasteiger partial charge in [-0.3, -0.25) is 9.59 Å². The minimum Gasteiger partial charge on any atom is -0.395 e. The number of likely N-dealkylation sites (tertiary alicyclic amines) is 2. The predicted octanol–water partition coefficient (Wildman–Crippen LogP) is 2.15. The standard InChI is InChI=1S/C21H30N2O3/c1-17-4-2-3-5-18(17)6-7-19(25)22-12-10-21(11-13-22)9-8-20(26)23(16-21)14-15-24/h2-5,24H,6-16H2,1H3. The third kappa shape index (κ3) is 4.26. The molecule has 5 heteroatoms. The molecule has 2 amide bonds. The molecule has 3 rings (SSSR count). The molecule has 5 nitrogen and oxygen atoms in total. The first kappa shape index (κ1) is 18.9. The maximum Gasteiger partial charge on any atom is 0.222 e. The van der Waals surface area contributed by atoms with Gasteiger partial charge in [-0.2, -0.15) is 0 Å². The Labute approximate surface area is 156 Å². The summed E-state index contributed by atoms with van der Waals surface area (Å²) in [5, 5.41) is 9.16. The minimum absolute atomic E-state index is 0.0192. The number of amides is 2. The summed E-state index contributed by atoms with van der Waals surface area (Å²) >= 11 is 0. The molecule has 0 saturated carbocycles. The molecule has 1 spiro atoms. The second kappa shape index (κ2) is 8.21. The first-order valence-electron chi connectivity index (χ1n) is 9.74. The zero-order valence-corrected chi connectivity index (χ0v) is 15.7. The van der Waals surface area contributed by atoms with Crippen molar-refractivity contribution in [3.63, 3.8) is 0 Å². The van der Waals surface area contributed by atoms with E-state index in [0.29, 0.717) is 19.4 Å². The molecule has 2 aliphatic rings. The van der Waals surface area contributed by atoms with Gasteiger partial charge in [0.15, 0.2) is 0 Å². The number of piperidine rings is 2. The summed E-state index contributed by atoms with van der Waals surface area (Å²) in [5.74, 6) is 0.392. The van der Waals surface area contributed by atoms with Crippen LogP contribution in [0.15, 0.2) is 24.3 Å². The van der Waals surface area contributed by atoms with Crippen LogP contribution in [-0.4, -0.2) is 59.5 Å². The third-order valence-electron chi connectivity index (χ3n) is 6.16. The molecule has 1 aromatic carbocycles. The van der Waals surface area contributed by atoms with Crippen LogP contribution in [0.2, 0.25) is 0 Å². The number of hydrogen-bond acceptors (Lipinski definition) is 3. The van der Waals surface area contributed by atoms with E-state index in [-0.39, 0.29) is 23.8 Å². The average Bonchev–Trinajstić information content (AvgIpc) is 2.65. The fourth-order valence-electron chi connectivity index (χ4n) is 4.36. The van der Waals surface area contributed by atoms with E-state index in [1.165, 1.54) is 11.1 Å². The van der Waals surface area contributed by atoms with Crippen molar-refractivity contribution in [2.45, 2.75) is 45.4 Å². The summed E-state index contributed by atoms with van der Waals surface area (Å²) in [5.41, 5.74) is 2.63. The number of benzene rings is 1. The zero-order valence-electron chi connectivity index (χ0n) is 15.7. The number of aryl methyl sites for hydroxylation is 2. The molecule has 1 N–H and O–H groups in total. The van der Waals surface area contributed by atoms with E-state index < -0.39 is 0 Å². The number of nitrogens with zero attached hydrogens (tertiary/aromatic N) is 2. The highest BCUT2D eigenvalue weighted by Gasteiger charge is 2.41. The molecule has 0 atom stereocenters. The van der Waals surface area contributed by atoms with Gasteiger partial charge in [-0.15, -0.1) is 0 Å². The number of rotatable bonds is 5. The summed E-state index contributed by atoms with van der Waals surface area (Å²) in [4.78, 5) is 28.4. The molecule has 2 saturated heterocycles. The SMILES string of the molecule is Cc1ccccc1CCC(=O)N1CCC2(CCC(=O)N(CCO)C2)CC1. The molecule has 1 aromatic rings. The van der Waals surface area contributed by atoms with Crippen LogP contribution < -0.4 is 0 Å². The van der Waals surface area contributed by atoms with Gasteiger partial charge in [-0.1, -0.05) is 24.3 Å². The van der Waals surface area contributed by atoms with Crippen LogP contribution in [0.3, 0.4) is 0 Å². The molecule has 26 heavy (non-hydrogen) atoms. The Kier molecular flexibility index (Phi) is 5.97. The van der Waals surface area contributed by atoms with Gasteiger partial charge in [0.05, 0.1) is 6.61 Å². The molecular formula is C21H30N2O3. The van der Waals surface area contributed by atoms with Crippen LogP contribution in [0.4, 0.5) is 0 Å². The van der Waals surface area contributed by atoms with Crippen molar-refractivity contribution in [3.05, 3.63) is 35.4 Å². The van der Waals surface area contributed by atoms with Gasteiger partial charge in [0.25, 0.3) is 0 Å². The van der Waals surface area contributed by atoms with E-state index in [1.807, 2.05) is 17.0 Å². The molecule has 0 unspecified atom stereocenters. The largest absolute Gasteiger partial charge is 0.395 e. The van der Waals surface area contributed by atoms with Crippen LogP contribution in [0, 0.1) is 12.3 Å². The lowest BCUT2D eigenvalue weighted by Gasteiger charge is -2.47. The van der Waals surface area contributed by atoms with E-state index >= 15 is 0 Å². The topological polar surface area (TPSA) is 60.9 Å². The van der Waals surface area contributed by atoms with Gasteiger partial charge in [0, 0.05) is 39.0 Å². The molecule has 142 valence electrons. The monoisotopic (exact) mass is 358 g/mol. The Morgan fingerprint density at radius 1 is 1.19 bits per heavy atom. The molecular weight excluding hydrogens is 328 g/mol. The normalized spacial score (nSPS) is 19.8. The maximum atomic E-state index is 12.6. The van der Waals surface area contributed by atoms with E-state index in [9.17, 15) is 9.59 Å². The van der Waals surface area contributed by atoms with Crippen LogP contribution >= 0.6 is 0 Å². The molecule has 0 aliphatic carbocycles. The van der Waals surface area contributed by atoms with E-state index in [1.54, 1.807) is 4.90 Å². The molecule has 0 radical (unpaired) electrons. The van der Waals surface area contributed by atoms with Gasteiger partial charge >= 0.3 is 0 Å². The van der Waals surface area contributed by atoms with Crippen molar-refractivity contribution in [2.24, 2.45) is 5.41 Å². The molecule has 2 fully saturated rings. The number of β-amino-alcohol motifs (C(OH)–C–C–N with tert-alkyl or cyclic N) is 1. The van der Waals surface area contributed by atoms with Crippen molar-refractivity contribution in [1.82, 2.24) is 9.80 Å². The lowest BCUT2D eigenvalue weighted by atomic mass is 9.72. The quantitative estimate of drug-likeness (QED) is 0.877. The predicted molar refractivity (Wildman–Crippen MR) is 101 cm³/mol. The second-order valence-corrected chi connectivity index (χ2v) is 7.85. The van der Waals surface area contributed by atoms with Gasteiger partial charge < -0.3 is 14.9 Å². The third-order valence-corrected chi connectivity index (χ3v) is 6.16. The van der Waals surface area contributed by atoms with E-state index in [2.05, 4.69) is 19.1 Å². The fourth-order valence-corrected chi connectivity index (χ4v) is 4.36. The van der Waals surface area contributed by atoms with Crippen molar-refractivity contribution < 1.29 is 14.7 Å². The highest BCUT2D eigenvalue weighted by molar-refractivity contribution is 5.78. The average molecular weight is 358 g/mol. The van der Waals surface area contributed by atoms with Crippen molar-refractivity contribution in [3.8, 4) is 0 Å². The summed E-state index contributed by atoms with van der Waals surface area (Å²) in [6.45, 7) is 4.84. The number of aliphatic hydroxyl groups excluding tert-OH is 1. The Balaban J connectivity index is 1.51. The maximum absolute atomic E-state index is 12.6. The Hall–Kier alpha value is -1.88. The lowest BCUT2D eigenvalue weighted by Crippen LogP contribution is -2.52. The smallest absolute Gasteiger partial charge is 0.222 e. The van der Waals surface area contributed by atoms with Crippen LogP contribution in [-0.2, 0) is 16.0 Å². The van der Waals surface area contributed by atoms with Crippen molar-refractivity contribution >= 4 is 11.8 Å². The molecule has 2 aliphatic heterocycles. The minimum atomic E-state index is 0.0192. The Bertz CT molecular complexity index is 650. The zero-order chi connectivity index (χ0) is 18.6. The lowest BCUT2D eigenvalue weighted by molar-refractivity contribution is -0.143. The van der Waals surface area contributed by atoms with E-state index in [0.717, 1.165) is 45.3 Å². The highest BCUT2D eigenvalue weighted by Crippen LogP contribution is 2.40. The van der Waals surface area contributed by atoms with Gasteiger partial charge in [0.2, 0.25) is 11.8 Å². The van der Waals surface area contributed by atoms with Crippen LogP contribution in [0.1, 0.15) is 43.2 Å². The number of hydrogen-bond donors (Lipinski definition) is 1. The summed E-state index contributed by atoms with van der Waals surface area (Å²) in [7, 11) is 0. The van der Waals surface area contributed by atoms with Crippen LogP contribution in [0.5, 0.6) is 0 Å². The number of aliphatic hydroxyl groups is 1. The van der Waals surface area contributed by atoms with Gasteiger partial charge in [0.1, 0.15) is 0 Å². The fraction of sp³-hybridized carbons (Fsp3) is 0.619. The summed E-state index contributed by atoms with van der Waals surface area (Å²) in [6.07, 6.45) is 4.76. The molecule has 0 aromatic heterocycles.